The lowest BCUT2D eigenvalue weighted by atomic mass is 9.99. The largest absolute Gasteiger partial charge is 0.573 e. The van der Waals surface area contributed by atoms with E-state index in [0.29, 0.717) is 27.5 Å². The molecule has 49 heavy (non-hydrogen) atoms. The maximum absolute atomic E-state index is 12.9. The van der Waals surface area contributed by atoms with E-state index in [1.165, 1.54) is 47.0 Å². The number of ether oxygens (including phenoxy) is 1. The molecular formula is C36H37F3N6O2S2. The Labute approximate surface area is 293 Å². The third-order valence-corrected chi connectivity index (χ3v) is 8.83. The van der Waals surface area contributed by atoms with Crippen molar-refractivity contribution in [2.45, 2.75) is 59.4 Å². The van der Waals surface area contributed by atoms with Crippen molar-refractivity contribution in [3.63, 3.8) is 0 Å². The van der Waals surface area contributed by atoms with Crippen LogP contribution in [0.5, 0.6) is 5.75 Å². The fourth-order valence-electron chi connectivity index (χ4n) is 5.42. The van der Waals surface area contributed by atoms with E-state index in [0.717, 1.165) is 34.4 Å². The van der Waals surface area contributed by atoms with Crippen LogP contribution in [-0.2, 0) is 4.79 Å². The number of halogens is 3. The van der Waals surface area contributed by atoms with Crippen LogP contribution in [-0.4, -0.2) is 49.1 Å². The molecule has 4 aromatic rings. The van der Waals surface area contributed by atoms with E-state index in [4.69, 9.17) is 12.2 Å². The molecule has 0 saturated carbocycles. The van der Waals surface area contributed by atoms with Gasteiger partial charge in [0.05, 0.1) is 17.1 Å². The molecule has 5 rings (SSSR count). The summed E-state index contributed by atoms with van der Waals surface area (Å²) < 4.78 is 42.9. The number of alkyl halides is 3. The fraction of sp³-hybridized carbons (Fsp3) is 0.306. The van der Waals surface area contributed by atoms with Crippen molar-refractivity contribution in [1.29, 1.82) is 0 Å². The predicted octanol–water partition coefficient (Wildman–Crippen LogP) is 8.70. The molecule has 1 aromatic heterocycles. The van der Waals surface area contributed by atoms with Crippen LogP contribution in [0.4, 0.5) is 18.9 Å². The van der Waals surface area contributed by atoms with Gasteiger partial charge < -0.3 is 10.1 Å². The number of carbonyl (C=O) groups is 1. The summed E-state index contributed by atoms with van der Waals surface area (Å²) in [6.45, 7) is 10.4. The molecule has 1 aliphatic heterocycles. The number of hydrogen-bond acceptors (Lipinski definition) is 6. The molecule has 0 aliphatic carbocycles. The Kier molecular flexibility index (Phi) is 11.2. The van der Waals surface area contributed by atoms with Gasteiger partial charge in [0.1, 0.15) is 12.1 Å². The van der Waals surface area contributed by atoms with Crippen LogP contribution in [0.15, 0.2) is 84.1 Å². The van der Waals surface area contributed by atoms with E-state index >= 15 is 0 Å². The van der Waals surface area contributed by atoms with E-state index in [2.05, 4.69) is 71.0 Å². The molecule has 2 unspecified atom stereocenters. The quantitative estimate of drug-likeness (QED) is 0.165. The van der Waals surface area contributed by atoms with Gasteiger partial charge in [-0.3, -0.25) is 9.69 Å². The minimum absolute atomic E-state index is 0.00722. The zero-order chi connectivity index (χ0) is 35.3. The predicted molar refractivity (Wildman–Crippen MR) is 194 cm³/mol. The summed E-state index contributed by atoms with van der Waals surface area (Å²) in [5.74, 6) is 0.947. The number of amidine groups is 1. The summed E-state index contributed by atoms with van der Waals surface area (Å²) in [5.41, 5.74) is 5.34. The number of nitrogens with zero attached hydrogens (tertiary/aromatic N) is 5. The number of anilines is 1. The molecule has 2 heterocycles. The van der Waals surface area contributed by atoms with Gasteiger partial charge >= 0.3 is 6.36 Å². The zero-order valence-electron chi connectivity index (χ0n) is 27.7. The van der Waals surface area contributed by atoms with Crippen LogP contribution in [0.25, 0.3) is 23.2 Å². The van der Waals surface area contributed by atoms with Crippen molar-refractivity contribution in [2.24, 2.45) is 10.9 Å². The third-order valence-electron chi connectivity index (χ3n) is 7.70. The number of amides is 1. The Hall–Kier alpha value is -4.49. The SMILES string of the molecule is Cc1ccc(C(C)C)c(N2C(=O)CS/C2=N\C(=S)NC(C)CC(C)/C=C/c2cccc(-c3ncn(-c4ccc(OC(F)(F)F)cc4)n3)c2)c1. The van der Waals surface area contributed by atoms with Crippen molar-refractivity contribution < 1.29 is 22.7 Å². The van der Waals surface area contributed by atoms with E-state index in [-0.39, 0.29) is 29.5 Å². The highest BCUT2D eigenvalue weighted by atomic mass is 32.2. The van der Waals surface area contributed by atoms with Crippen LogP contribution >= 0.6 is 24.0 Å². The molecule has 1 N–H and O–H groups in total. The van der Waals surface area contributed by atoms with Gasteiger partial charge in [0, 0.05) is 11.6 Å². The number of aromatic nitrogens is 3. The number of aryl methyl sites for hydroxylation is 1. The molecule has 0 bridgehead atoms. The van der Waals surface area contributed by atoms with E-state index in [9.17, 15) is 18.0 Å². The molecule has 0 radical (unpaired) electrons. The second kappa shape index (κ2) is 15.4. The molecule has 3 aromatic carbocycles. The number of thiocarbonyl (C=S) groups is 1. The molecule has 13 heteroatoms. The number of hydrogen-bond donors (Lipinski definition) is 1. The zero-order valence-corrected chi connectivity index (χ0v) is 29.4. The summed E-state index contributed by atoms with van der Waals surface area (Å²) >= 11 is 7.00. The number of rotatable bonds is 10. The lowest BCUT2D eigenvalue weighted by Crippen LogP contribution is -2.35. The first-order valence-corrected chi connectivity index (χ1v) is 17.2. The maximum Gasteiger partial charge on any atom is 0.573 e. The van der Waals surface area contributed by atoms with Crippen LogP contribution < -0.4 is 15.0 Å². The summed E-state index contributed by atoms with van der Waals surface area (Å²) in [4.78, 5) is 23.7. The van der Waals surface area contributed by atoms with Gasteiger partial charge in [-0.15, -0.1) is 18.3 Å². The van der Waals surface area contributed by atoms with Crippen LogP contribution in [0.1, 0.15) is 56.7 Å². The molecule has 1 saturated heterocycles. The van der Waals surface area contributed by atoms with Gasteiger partial charge in [-0.05, 0) is 97.4 Å². The average Bonchev–Trinajstić information content (AvgIpc) is 3.66. The number of aliphatic imine (C=N–C) groups is 1. The molecule has 0 spiro atoms. The number of thioether (sulfide) groups is 1. The average molecular weight is 707 g/mol. The summed E-state index contributed by atoms with van der Waals surface area (Å²) in [6, 6.07) is 19.4. The molecule has 256 valence electrons. The molecule has 8 nitrogen and oxygen atoms in total. The van der Waals surface area contributed by atoms with Gasteiger partial charge in [0.15, 0.2) is 16.1 Å². The van der Waals surface area contributed by atoms with Crippen molar-refractivity contribution in [1.82, 2.24) is 20.1 Å². The Bertz CT molecular complexity index is 1870. The minimum atomic E-state index is -4.75. The number of allylic oxidation sites excluding steroid dienone is 1. The number of carbonyl (C=O) groups excluding carboxylic acids is 1. The molecular weight excluding hydrogens is 670 g/mol. The summed E-state index contributed by atoms with van der Waals surface area (Å²) in [5, 5.41) is 8.74. The highest BCUT2D eigenvalue weighted by Crippen LogP contribution is 2.34. The monoisotopic (exact) mass is 706 g/mol. The molecule has 1 fully saturated rings. The number of benzene rings is 3. The second-order valence-electron chi connectivity index (χ2n) is 12.2. The van der Waals surface area contributed by atoms with Gasteiger partial charge in [0.25, 0.3) is 0 Å². The Morgan fingerprint density at radius 2 is 1.86 bits per heavy atom. The van der Waals surface area contributed by atoms with Gasteiger partial charge in [-0.2, -0.15) is 4.99 Å². The fourth-order valence-corrected chi connectivity index (χ4v) is 6.63. The van der Waals surface area contributed by atoms with Crippen LogP contribution in [0.3, 0.4) is 0 Å². The van der Waals surface area contributed by atoms with E-state index < -0.39 is 6.36 Å². The van der Waals surface area contributed by atoms with Gasteiger partial charge in [0.2, 0.25) is 5.91 Å². The smallest absolute Gasteiger partial charge is 0.406 e. The van der Waals surface area contributed by atoms with E-state index in [1.807, 2.05) is 43.3 Å². The Morgan fingerprint density at radius 1 is 1.10 bits per heavy atom. The standard InChI is InChI=1S/C36H37F3N6O2S2/c1-22(2)30-16-10-24(4)18-31(30)45-32(46)20-49-35(45)42-34(48)41-25(5)17-23(3)9-11-26-7-6-8-27(19-26)33-40-21-44(43-33)28-12-14-29(15-13-28)47-36(37,38)39/h6-16,18-19,21-23,25H,17,20H2,1-5H3,(H,41,48)/b11-9+,42-35-. The van der Waals surface area contributed by atoms with Crippen LogP contribution in [0, 0.1) is 12.8 Å². The Morgan fingerprint density at radius 3 is 2.57 bits per heavy atom. The first-order valence-electron chi connectivity index (χ1n) is 15.8. The highest BCUT2D eigenvalue weighted by molar-refractivity contribution is 8.15. The second-order valence-corrected chi connectivity index (χ2v) is 13.6. The van der Waals surface area contributed by atoms with Gasteiger partial charge in [-0.1, -0.05) is 75.0 Å². The Balaban J connectivity index is 1.18. The first kappa shape index (κ1) is 35.8. The van der Waals surface area contributed by atoms with Crippen molar-refractivity contribution >= 4 is 51.9 Å². The van der Waals surface area contributed by atoms with Crippen molar-refractivity contribution in [3.05, 3.63) is 95.8 Å². The third kappa shape index (κ3) is 9.57. The first-order chi connectivity index (χ1) is 23.3. The highest BCUT2D eigenvalue weighted by Gasteiger charge is 2.32. The summed E-state index contributed by atoms with van der Waals surface area (Å²) in [7, 11) is 0. The lowest BCUT2D eigenvalue weighted by molar-refractivity contribution is -0.274. The van der Waals surface area contributed by atoms with E-state index in [1.54, 1.807) is 4.90 Å². The topological polar surface area (TPSA) is 84.6 Å². The lowest BCUT2D eigenvalue weighted by Gasteiger charge is -2.23. The summed E-state index contributed by atoms with van der Waals surface area (Å²) in [6.07, 6.45) is 1.72. The number of nitrogens with one attached hydrogen (secondary N) is 1. The maximum atomic E-state index is 12.9. The molecule has 2 atom stereocenters. The normalized spacial score (nSPS) is 15.7. The van der Waals surface area contributed by atoms with Crippen LogP contribution in [0.2, 0.25) is 0 Å². The molecule has 1 amide bonds. The van der Waals surface area contributed by atoms with Crippen molar-refractivity contribution in [3.8, 4) is 22.8 Å². The minimum Gasteiger partial charge on any atom is -0.406 e. The van der Waals surface area contributed by atoms with Crippen molar-refractivity contribution in [2.75, 3.05) is 10.7 Å². The molecule has 1 aliphatic rings. The van der Waals surface area contributed by atoms with Gasteiger partial charge in [-0.25, -0.2) is 9.67 Å².